The highest BCUT2D eigenvalue weighted by Crippen LogP contribution is 2.27. The predicted molar refractivity (Wildman–Crippen MR) is 88.0 cm³/mol. The van der Waals surface area contributed by atoms with E-state index >= 15 is 0 Å². The Morgan fingerprint density at radius 3 is 2.50 bits per heavy atom. The van der Waals surface area contributed by atoms with Crippen molar-refractivity contribution in [2.45, 2.75) is 51.7 Å². The van der Waals surface area contributed by atoms with Crippen LogP contribution in [-0.2, 0) is 11.2 Å². The van der Waals surface area contributed by atoms with Gasteiger partial charge in [0.1, 0.15) is 0 Å². The van der Waals surface area contributed by atoms with Crippen molar-refractivity contribution in [2.24, 2.45) is 0 Å². The zero-order chi connectivity index (χ0) is 15.2. The molecule has 0 heterocycles. The first-order valence-corrected chi connectivity index (χ1v) is 7.94. The van der Waals surface area contributed by atoms with E-state index in [4.69, 9.17) is 27.9 Å². The number of hydrogen-bond acceptors (Lipinski definition) is 2. The molecular formula is C16H25Cl2NO. The van der Waals surface area contributed by atoms with Crippen LogP contribution in [-0.4, -0.2) is 25.3 Å². The molecular weight excluding hydrogens is 293 g/mol. The Morgan fingerprint density at radius 1 is 1.30 bits per heavy atom. The lowest BCUT2D eigenvalue weighted by Gasteiger charge is -2.37. The van der Waals surface area contributed by atoms with Gasteiger partial charge in [0.05, 0.1) is 5.60 Å². The van der Waals surface area contributed by atoms with E-state index < -0.39 is 0 Å². The summed E-state index contributed by atoms with van der Waals surface area (Å²) in [7, 11) is 1.77. The molecule has 0 saturated heterocycles. The summed E-state index contributed by atoms with van der Waals surface area (Å²) in [6, 6.07) is 5.90. The van der Waals surface area contributed by atoms with Crippen LogP contribution in [0.3, 0.4) is 0 Å². The van der Waals surface area contributed by atoms with Crippen LogP contribution in [0.15, 0.2) is 18.2 Å². The molecule has 1 rings (SSSR count). The third kappa shape index (κ3) is 4.63. The van der Waals surface area contributed by atoms with Crippen molar-refractivity contribution in [1.82, 2.24) is 5.32 Å². The Balaban J connectivity index is 2.94. The highest BCUT2D eigenvalue weighted by molar-refractivity contribution is 6.35. The molecule has 1 aromatic carbocycles. The van der Waals surface area contributed by atoms with Crippen LogP contribution in [0.2, 0.25) is 10.0 Å². The first-order chi connectivity index (χ1) is 9.46. The third-order valence-corrected chi connectivity index (χ3v) is 4.57. The summed E-state index contributed by atoms with van der Waals surface area (Å²) in [5, 5.41) is 4.97. The summed E-state index contributed by atoms with van der Waals surface area (Å²) in [4.78, 5) is 0. The van der Waals surface area contributed by atoms with Gasteiger partial charge in [0.25, 0.3) is 0 Å². The van der Waals surface area contributed by atoms with Crippen LogP contribution >= 0.6 is 23.2 Å². The lowest BCUT2D eigenvalue weighted by molar-refractivity contribution is -0.0287. The van der Waals surface area contributed by atoms with Crippen molar-refractivity contribution in [1.29, 1.82) is 0 Å². The Kier molecular flexibility index (Phi) is 7.32. The molecule has 0 amide bonds. The minimum atomic E-state index is -0.210. The van der Waals surface area contributed by atoms with Crippen LogP contribution in [0.5, 0.6) is 0 Å². The zero-order valence-electron chi connectivity index (χ0n) is 12.8. The maximum absolute atomic E-state index is 6.29. The summed E-state index contributed by atoms with van der Waals surface area (Å²) >= 11 is 12.2. The molecule has 0 aliphatic heterocycles. The van der Waals surface area contributed by atoms with Crippen LogP contribution in [0.25, 0.3) is 0 Å². The van der Waals surface area contributed by atoms with Gasteiger partial charge in [0, 0.05) is 23.2 Å². The van der Waals surface area contributed by atoms with E-state index in [2.05, 4.69) is 26.1 Å². The van der Waals surface area contributed by atoms with Crippen molar-refractivity contribution in [3.05, 3.63) is 33.8 Å². The molecule has 1 N–H and O–H groups in total. The van der Waals surface area contributed by atoms with Gasteiger partial charge in [0.15, 0.2) is 0 Å². The monoisotopic (exact) mass is 317 g/mol. The number of halogens is 2. The molecule has 0 aliphatic rings. The first kappa shape index (κ1) is 17.8. The molecule has 0 spiro atoms. The Bertz CT molecular complexity index is 419. The number of methoxy groups -OCH3 is 1. The quantitative estimate of drug-likeness (QED) is 0.749. The highest BCUT2D eigenvalue weighted by atomic mass is 35.5. The number of hydrogen-bond donors (Lipinski definition) is 1. The number of benzene rings is 1. The molecule has 2 atom stereocenters. The fraction of sp³-hybridized carbons (Fsp3) is 0.625. The maximum Gasteiger partial charge on any atom is 0.0803 e. The van der Waals surface area contributed by atoms with E-state index in [0.29, 0.717) is 5.02 Å². The molecule has 114 valence electrons. The predicted octanol–water partition coefficient (Wildman–Crippen LogP) is 4.72. The van der Waals surface area contributed by atoms with Gasteiger partial charge >= 0.3 is 0 Å². The average Bonchev–Trinajstić information content (AvgIpc) is 2.44. The summed E-state index contributed by atoms with van der Waals surface area (Å²) in [6.07, 6.45) is 2.86. The molecule has 20 heavy (non-hydrogen) atoms. The molecule has 1 aromatic rings. The lowest BCUT2D eigenvalue weighted by Crippen LogP contribution is -2.51. The fourth-order valence-electron chi connectivity index (χ4n) is 2.26. The molecule has 0 saturated carbocycles. The van der Waals surface area contributed by atoms with E-state index in [0.717, 1.165) is 36.4 Å². The largest absolute Gasteiger partial charge is 0.377 e. The van der Waals surface area contributed by atoms with Crippen LogP contribution in [0.1, 0.15) is 39.2 Å². The molecule has 2 nitrogen and oxygen atoms in total. The summed E-state index contributed by atoms with van der Waals surface area (Å²) in [5.74, 6) is 0. The molecule has 0 aromatic heterocycles. The van der Waals surface area contributed by atoms with Crippen molar-refractivity contribution in [3.63, 3.8) is 0 Å². The van der Waals surface area contributed by atoms with Gasteiger partial charge in [0.2, 0.25) is 0 Å². The van der Waals surface area contributed by atoms with Gasteiger partial charge in [-0.2, -0.15) is 0 Å². The normalized spacial score (nSPS) is 15.9. The number of rotatable bonds is 8. The number of nitrogens with one attached hydrogen (secondary N) is 1. The van der Waals surface area contributed by atoms with E-state index in [9.17, 15) is 0 Å². The Morgan fingerprint density at radius 2 is 2.00 bits per heavy atom. The van der Waals surface area contributed by atoms with Gasteiger partial charge < -0.3 is 10.1 Å². The van der Waals surface area contributed by atoms with Gasteiger partial charge in [-0.05, 0) is 50.4 Å². The van der Waals surface area contributed by atoms with Crippen molar-refractivity contribution >= 4 is 23.2 Å². The Hall–Kier alpha value is -0.280. The van der Waals surface area contributed by atoms with E-state index in [1.165, 1.54) is 0 Å². The molecule has 2 unspecified atom stereocenters. The van der Waals surface area contributed by atoms with Crippen molar-refractivity contribution in [3.8, 4) is 0 Å². The van der Waals surface area contributed by atoms with E-state index in [-0.39, 0.29) is 11.6 Å². The summed E-state index contributed by atoms with van der Waals surface area (Å²) in [5.41, 5.74) is 0.888. The molecule has 4 heteroatoms. The maximum atomic E-state index is 6.29. The standard InChI is InChI=1S/C16H25Cl2NO/c1-5-9-19-15(16(3,6-2)20-4)10-12-7-8-13(17)11-14(12)18/h7-8,11,15,19H,5-6,9-10H2,1-4H3. The van der Waals surface area contributed by atoms with Crippen molar-refractivity contribution in [2.75, 3.05) is 13.7 Å². The first-order valence-electron chi connectivity index (χ1n) is 7.19. The van der Waals surface area contributed by atoms with Crippen LogP contribution in [0.4, 0.5) is 0 Å². The lowest BCUT2D eigenvalue weighted by atomic mass is 9.88. The summed E-state index contributed by atoms with van der Waals surface area (Å²) < 4.78 is 5.75. The second kappa shape index (κ2) is 8.23. The average molecular weight is 318 g/mol. The molecule has 0 aliphatic carbocycles. The van der Waals surface area contributed by atoms with E-state index in [1.807, 2.05) is 12.1 Å². The Labute approximate surface area is 132 Å². The second-order valence-corrected chi connectivity index (χ2v) is 6.16. The van der Waals surface area contributed by atoms with Crippen molar-refractivity contribution < 1.29 is 4.74 Å². The zero-order valence-corrected chi connectivity index (χ0v) is 14.3. The topological polar surface area (TPSA) is 21.3 Å². The highest BCUT2D eigenvalue weighted by Gasteiger charge is 2.32. The van der Waals surface area contributed by atoms with E-state index in [1.54, 1.807) is 13.2 Å². The summed E-state index contributed by atoms with van der Waals surface area (Å²) in [6.45, 7) is 7.42. The number of ether oxygens (including phenoxy) is 1. The molecule has 0 bridgehead atoms. The van der Waals surface area contributed by atoms with Gasteiger partial charge in [-0.15, -0.1) is 0 Å². The second-order valence-electron chi connectivity index (χ2n) is 5.32. The third-order valence-electron chi connectivity index (χ3n) is 3.99. The van der Waals surface area contributed by atoms with Gasteiger partial charge in [-0.3, -0.25) is 0 Å². The fourth-order valence-corrected chi connectivity index (χ4v) is 2.75. The minimum absolute atomic E-state index is 0.210. The van der Waals surface area contributed by atoms with Crippen LogP contribution < -0.4 is 5.32 Å². The van der Waals surface area contributed by atoms with Crippen LogP contribution in [0, 0.1) is 0 Å². The minimum Gasteiger partial charge on any atom is -0.377 e. The smallest absolute Gasteiger partial charge is 0.0803 e. The molecule has 0 radical (unpaired) electrons. The van der Waals surface area contributed by atoms with Gasteiger partial charge in [-0.25, -0.2) is 0 Å². The van der Waals surface area contributed by atoms with Gasteiger partial charge in [-0.1, -0.05) is 43.1 Å². The molecule has 0 fully saturated rings. The SMILES string of the molecule is CCCNC(Cc1ccc(Cl)cc1Cl)C(C)(CC)OC.